The molecule has 3 aromatic rings. The molecule has 0 bridgehead atoms. The van der Waals surface area contributed by atoms with Crippen molar-refractivity contribution < 1.29 is 18.6 Å². The minimum Gasteiger partial charge on any atom is -0.304 e. The van der Waals surface area contributed by atoms with E-state index in [0.29, 0.717) is 16.2 Å². The maximum Gasteiger partial charge on any atom is 0.266 e. The SMILES string of the molecule is O=C(CN1C(=O)/C(=C/c2ccc(F)cc2)SC1=S)Nc1nonc1-c1ccc2c(c1)CCCC2. The molecule has 0 unspecified atom stereocenters. The molecule has 10 heteroatoms. The monoisotopic (exact) mass is 494 g/mol. The summed E-state index contributed by atoms with van der Waals surface area (Å²) in [5.41, 5.74) is 4.51. The van der Waals surface area contributed by atoms with Gasteiger partial charge < -0.3 is 5.32 Å². The zero-order chi connectivity index (χ0) is 23.7. The number of aryl methyl sites for hydroxylation is 2. The number of carbonyl (C=O) groups is 2. The van der Waals surface area contributed by atoms with Crippen molar-refractivity contribution in [1.29, 1.82) is 0 Å². The Hall–Kier alpha value is -3.37. The lowest BCUT2D eigenvalue weighted by molar-refractivity contribution is -0.126. The largest absolute Gasteiger partial charge is 0.304 e. The fourth-order valence-electron chi connectivity index (χ4n) is 4.00. The van der Waals surface area contributed by atoms with Crippen LogP contribution in [0.25, 0.3) is 17.3 Å². The predicted molar refractivity (Wildman–Crippen MR) is 131 cm³/mol. The molecule has 2 amide bonds. The van der Waals surface area contributed by atoms with Gasteiger partial charge in [-0.3, -0.25) is 14.5 Å². The van der Waals surface area contributed by atoms with Crippen molar-refractivity contribution in [2.75, 3.05) is 11.9 Å². The van der Waals surface area contributed by atoms with Crippen LogP contribution in [-0.2, 0) is 22.4 Å². The number of anilines is 1. The van der Waals surface area contributed by atoms with Crippen LogP contribution in [0.3, 0.4) is 0 Å². The molecule has 2 heterocycles. The van der Waals surface area contributed by atoms with Gasteiger partial charge in [0.05, 0.1) is 4.91 Å². The van der Waals surface area contributed by atoms with Gasteiger partial charge in [-0.2, -0.15) is 0 Å². The first-order valence-corrected chi connectivity index (χ1v) is 12.0. The lowest BCUT2D eigenvalue weighted by Crippen LogP contribution is -2.36. The van der Waals surface area contributed by atoms with E-state index in [9.17, 15) is 14.0 Å². The molecule has 1 aliphatic heterocycles. The van der Waals surface area contributed by atoms with Crippen molar-refractivity contribution in [1.82, 2.24) is 15.2 Å². The summed E-state index contributed by atoms with van der Waals surface area (Å²) >= 11 is 6.39. The number of benzene rings is 2. The number of carbonyl (C=O) groups excluding carboxylic acids is 2. The number of nitrogens with zero attached hydrogens (tertiary/aromatic N) is 3. The number of nitrogens with one attached hydrogen (secondary N) is 1. The summed E-state index contributed by atoms with van der Waals surface area (Å²) in [6.45, 7) is -0.276. The van der Waals surface area contributed by atoms with Crippen molar-refractivity contribution in [3.05, 3.63) is 69.9 Å². The number of halogens is 1. The van der Waals surface area contributed by atoms with Crippen molar-refractivity contribution in [3.63, 3.8) is 0 Å². The Labute approximate surface area is 204 Å². The Bertz CT molecular complexity index is 1320. The Morgan fingerprint density at radius 3 is 2.71 bits per heavy atom. The number of hydrogen-bond acceptors (Lipinski definition) is 7. The molecule has 34 heavy (non-hydrogen) atoms. The van der Waals surface area contributed by atoms with Crippen molar-refractivity contribution in [3.8, 4) is 11.3 Å². The molecule has 2 aromatic carbocycles. The van der Waals surface area contributed by atoms with E-state index in [0.717, 1.165) is 36.6 Å². The fraction of sp³-hybridized carbons (Fsp3) is 0.208. The average molecular weight is 495 g/mol. The zero-order valence-electron chi connectivity index (χ0n) is 17.9. The summed E-state index contributed by atoms with van der Waals surface area (Å²) in [7, 11) is 0. The summed E-state index contributed by atoms with van der Waals surface area (Å²) in [6, 6.07) is 11.8. The minimum atomic E-state index is -0.478. The average Bonchev–Trinajstić information content (AvgIpc) is 3.40. The van der Waals surface area contributed by atoms with Crippen LogP contribution >= 0.6 is 24.0 Å². The third-order valence-electron chi connectivity index (χ3n) is 5.71. The standard InChI is InChI=1S/C24H19FN4O3S2/c25-18-9-5-14(6-10-18)11-19-23(31)29(24(33)34-19)13-20(30)26-22-21(27-32-28-22)17-8-7-15-3-1-2-4-16(15)12-17/h5-12H,1-4,13H2,(H,26,28,30)/b19-11-. The Balaban J connectivity index is 1.28. The number of hydrogen-bond donors (Lipinski definition) is 1. The van der Waals surface area contributed by atoms with E-state index in [1.807, 2.05) is 6.07 Å². The van der Waals surface area contributed by atoms with Crippen LogP contribution in [0.1, 0.15) is 29.5 Å². The fourth-order valence-corrected chi connectivity index (χ4v) is 5.26. The van der Waals surface area contributed by atoms with Crippen molar-refractivity contribution in [2.24, 2.45) is 0 Å². The van der Waals surface area contributed by atoms with Crippen LogP contribution in [0.2, 0.25) is 0 Å². The molecule has 1 aromatic heterocycles. The second-order valence-electron chi connectivity index (χ2n) is 8.02. The van der Waals surface area contributed by atoms with Crippen molar-refractivity contribution in [2.45, 2.75) is 25.7 Å². The first-order chi connectivity index (χ1) is 16.5. The van der Waals surface area contributed by atoms with E-state index in [1.54, 1.807) is 18.2 Å². The Morgan fingerprint density at radius 2 is 1.91 bits per heavy atom. The third kappa shape index (κ3) is 4.64. The van der Waals surface area contributed by atoms with Crippen LogP contribution in [0, 0.1) is 5.82 Å². The molecule has 1 fully saturated rings. The number of thiocarbonyl (C=S) groups is 1. The highest BCUT2D eigenvalue weighted by molar-refractivity contribution is 8.26. The molecular formula is C24H19FN4O3S2. The minimum absolute atomic E-state index is 0.188. The molecule has 5 rings (SSSR count). The normalized spacial score (nSPS) is 16.7. The lowest BCUT2D eigenvalue weighted by atomic mass is 9.90. The van der Waals surface area contributed by atoms with E-state index < -0.39 is 5.91 Å². The highest BCUT2D eigenvalue weighted by atomic mass is 32.2. The first-order valence-electron chi connectivity index (χ1n) is 10.7. The molecule has 0 atom stereocenters. The second-order valence-corrected chi connectivity index (χ2v) is 9.70. The van der Waals surface area contributed by atoms with Gasteiger partial charge in [-0.25, -0.2) is 9.02 Å². The molecule has 7 nitrogen and oxygen atoms in total. The highest BCUT2D eigenvalue weighted by Gasteiger charge is 2.33. The molecule has 2 aliphatic rings. The van der Waals surface area contributed by atoms with Crippen LogP contribution in [0.4, 0.5) is 10.2 Å². The maximum absolute atomic E-state index is 13.1. The molecule has 1 aliphatic carbocycles. The molecular weight excluding hydrogens is 475 g/mol. The van der Waals surface area contributed by atoms with Crippen LogP contribution in [0.15, 0.2) is 52.0 Å². The van der Waals surface area contributed by atoms with Gasteiger partial charge in [0, 0.05) is 5.56 Å². The molecule has 0 saturated carbocycles. The van der Waals surface area contributed by atoms with Gasteiger partial charge in [0.25, 0.3) is 5.91 Å². The van der Waals surface area contributed by atoms with Gasteiger partial charge in [-0.05, 0) is 77.0 Å². The Morgan fingerprint density at radius 1 is 1.15 bits per heavy atom. The molecule has 1 saturated heterocycles. The van der Waals surface area contributed by atoms with E-state index in [-0.39, 0.29) is 28.4 Å². The van der Waals surface area contributed by atoms with E-state index in [4.69, 9.17) is 16.8 Å². The van der Waals surface area contributed by atoms with Crippen LogP contribution in [-0.4, -0.2) is 37.9 Å². The molecule has 0 spiro atoms. The number of thioether (sulfide) groups is 1. The second kappa shape index (κ2) is 9.47. The Kier molecular flexibility index (Phi) is 6.25. The summed E-state index contributed by atoms with van der Waals surface area (Å²) in [5, 5.41) is 10.5. The van der Waals surface area contributed by atoms with Gasteiger partial charge in [-0.1, -0.05) is 48.2 Å². The van der Waals surface area contributed by atoms with Crippen molar-refractivity contribution >= 4 is 52.0 Å². The van der Waals surface area contributed by atoms with Crippen LogP contribution < -0.4 is 5.32 Å². The van der Waals surface area contributed by atoms with Gasteiger partial charge >= 0.3 is 0 Å². The van der Waals surface area contributed by atoms with Gasteiger partial charge in [-0.15, -0.1) is 0 Å². The molecule has 1 N–H and O–H groups in total. The zero-order valence-corrected chi connectivity index (χ0v) is 19.5. The summed E-state index contributed by atoms with van der Waals surface area (Å²) in [4.78, 5) is 27.1. The van der Waals surface area contributed by atoms with E-state index in [1.165, 1.54) is 34.6 Å². The number of rotatable bonds is 5. The number of amides is 2. The first kappa shape index (κ1) is 22.4. The third-order valence-corrected chi connectivity index (χ3v) is 7.09. The summed E-state index contributed by atoms with van der Waals surface area (Å²) in [5.74, 6) is -1.04. The van der Waals surface area contributed by atoms with Crippen LogP contribution in [0.5, 0.6) is 0 Å². The van der Waals surface area contributed by atoms with Gasteiger partial charge in [0.15, 0.2) is 5.69 Å². The molecule has 0 radical (unpaired) electrons. The van der Waals surface area contributed by atoms with Gasteiger partial charge in [0.1, 0.15) is 16.7 Å². The maximum atomic E-state index is 13.1. The predicted octanol–water partition coefficient (Wildman–Crippen LogP) is 4.59. The topological polar surface area (TPSA) is 88.3 Å². The lowest BCUT2D eigenvalue weighted by Gasteiger charge is -2.16. The number of aromatic nitrogens is 2. The summed E-state index contributed by atoms with van der Waals surface area (Å²) < 4.78 is 18.3. The smallest absolute Gasteiger partial charge is 0.266 e. The highest BCUT2D eigenvalue weighted by Crippen LogP contribution is 2.33. The quantitative estimate of drug-likeness (QED) is 0.410. The summed E-state index contributed by atoms with van der Waals surface area (Å²) in [6.07, 6.45) is 6.03. The number of fused-ring (bicyclic) bond motifs is 1. The van der Waals surface area contributed by atoms with Gasteiger partial charge in [0.2, 0.25) is 11.7 Å². The van der Waals surface area contributed by atoms with E-state index >= 15 is 0 Å². The molecule has 172 valence electrons. The van der Waals surface area contributed by atoms with E-state index in [2.05, 4.69) is 27.8 Å².